The molecular weight excluding hydrogens is 326 g/mol. The fraction of sp³-hybridized carbons (Fsp3) is 0.167. The van der Waals surface area contributed by atoms with Gasteiger partial charge in [0.25, 0.3) is 5.91 Å². The minimum atomic E-state index is -0.997. The number of hydrogen-bond donors (Lipinski definition) is 1. The molecule has 1 aliphatic heterocycles. The number of aldehydes is 1. The Morgan fingerprint density at radius 2 is 1.84 bits per heavy atom. The maximum atomic E-state index is 12.2. The summed E-state index contributed by atoms with van der Waals surface area (Å²) in [5.74, 6) is 0.0245. The van der Waals surface area contributed by atoms with Crippen molar-refractivity contribution in [1.29, 1.82) is 0 Å². The summed E-state index contributed by atoms with van der Waals surface area (Å²) in [7, 11) is 0. The second-order valence-corrected chi connectivity index (χ2v) is 5.34. The molecule has 0 aliphatic carbocycles. The van der Waals surface area contributed by atoms with Gasteiger partial charge >= 0.3 is 5.97 Å². The molecule has 0 saturated heterocycles. The first-order valence-corrected chi connectivity index (χ1v) is 7.53. The first kappa shape index (κ1) is 16.5. The Bertz CT molecular complexity index is 815. The molecule has 7 heteroatoms. The number of carbonyl (C=O) groups is 3. The number of amides is 1. The summed E-state index contributed by atoms with van der Waals surface area (Å²) >= 11 is 0. The molecular formula is C18H15NO6. The lowest BCUT2D eigenvalue weighted by molar-refractivity contribution is -0.123. The standard InChI is InChI=1S/C18H15NO6/c1-11(25-18(22)13-4-2-12(9-20)3-5-13)17(21)19-14-6-7-15-16(8-14)24-10-23-15/h2-9,11H,10H2,1H3,(H,19,21)/t11-/m0/s1. The van der Waals surface area contributed by atoms with Gasteiger partial charge in [0.1, 0.15) is 6.29 Å². The van der Waals surface area contributed by atoms with Crippen molar-refractivity contribution < 1.29 is 28.6 Å². The van der Waals surface area contributed by atoms with Gasteiger partial charge in [0.05, 0.1) is 5.56 Å². The van der Waals surface area contributed by atoms with Crippen LogP contribution in [-0.2, 0) is 9.53 Å². The number of benzene rings is 2. The monoisotopic (exact) mass is 341 g/mol. The molecule has 3 rings (SSSR count). The highest BCUT2D eigenvalue weighted by Crippen LogP contribution is 2.34. The van der Waals surface area contributed by atoms with Crippen LogP contribution in [0.25, 0.3) is 0 Å². The number of carbonyl (C=O) groups excluding carboxylic acids is 3. The predicted octanol–water partition coefficient (Wildman–Crippen LogP) is 2.41. The smallest absolute Gasteiger partial charge is 0.338 e. The first-order chi connectivity index (χ1) is 12.1. The second kappa shape index (κ2) is 7.04. The number of anilines is 1. The van der Waals surface area contributed by atoms with E-state index in [1.807, 2.05) is 0 Å². The summed E-state index contributed by atoms with van der Waals surface area (Å²) in [5, 5.41) is 2.65. The molecule has 2 aromatic carbocycles. The SMILES string of the molecule is C[C@H](OC(=O)c1ccc(C=O)cc1)C(=O)Nc1ccc2c(c1)OCO2. The van der Waals surface area contributed by atoms with Crippen LogP contribution in [0.3, 0.4) is 0 Å². The average molecular weight is 341 g/mol. The third-order valence-electron chi connectivity index (χ3n) is 3.58. The molecule has 1 N–H and O–H groups in total. The van der Waals surface area contributed by atoms with E-state index in [1.165, 1.54) is 31.2 Å². The number of hydrogen-bond acceptors (Lipinski definition) is 6. The van der Waals surface area contributed by atoms with Crippen molar-refractivity contribution in [3.8, 4) is 11.5 Å². The Morgan fingerprint density at radius 3 is 2.56 bits per heavy atom. The molecule has 2 aromatic rings. The minimum Gasteiger partial charge on any atom is -0.454 e. The molecule has 0 saturated carbocycles. The van der Waals surface area contributed by atoms with E-state index < -0.39 is 18.0 Å². The Hall–Kier alpha value is -3.35. The van der Waals surface area contributed by atoms with Crippen molar-refractivity contribution in [3.63, 3.8) is 0 Å². The topological polar surface area (TPSA) is 90.9 Å². The summed E-state index contributed by atoms with van der Waals surface area (Å²) in [6, 6.07) is 10.9. The van der Waals surface area contributed by atoms with Crippen LogP contribution in [0.1, 0.15) is 27.6 Å². The number of rotatable bonds is 5. The Morgan fingerprint density at radius 1 is 1.12 bits per heavy atom. The normalized spacial score (nSPS) is 13.0. The lowest BCUT2D eigenvalue weighted by Gasteiger charge is -2.14. The van der Waals surface area contributed by atoms with Gasteiger partial charge < -0.3 is 19.5 Å². The molecule has 0 fully saturated rings. The molecule has 1 atom stereocenters. The van der Waals surface area contributed by atoms with Gasteiger partial charge in [-0.2, -0.15) is 0 Å². The third kappa shape index (κ3) is 3.77. The van der Waals surface area contributed by atoms with Crippen molar-refractivity contribution in [2.75, 3.05) is 12.1 Å². The van der Waals surface area contributed by atoms with Crippen molar-refractivity contribution in [1.82, 2.24) is 0 Å². The van der Waals surface area contributed by atoms with Crippen LogP contribution in [0.4, 0.5) is 5.69 Å². The van der Waals surface area contributed by atoms with E-state index in [0.29, 0.717) is 29.0 Å². The Balaban J connectivity index is 1.60. The van der Waals surface area contributed by atoms with Gasteiger partial charge in [-0.05, 0) is 31.2 Å². The van der Waals surface area contributed by atoms with Gasteiger partial charge in [-0.1, -0.05) is 12.1 Å². The van der Waals surface area contributed by atoms with E-state index in [0.717, 1.165) is 0 Å². The highest BCUT2D eigenvalue weighted by molar-refractivity contribution is 5.97. The number of nitrogens with one attached hydrogen (secondary N) is 1. The molecule has 0 aromatic heterocycles. The molecule has 0 spiro atoms. The van der Waals surface area contributed by atoms with Crippen molar-refractivity contribution in [2.45, 2.75) is 13.0 Å². The number of esters is 1. The number of fused-ring (bicyclic) bond motifs is 1. The minimum absolute atomic E-state index is 0.143. The van der Waals surface area contributed by atoms with Crippen LogP contribution in [0, 0.1) is 0 Å². The molecule has 0 bridgehead atoms. The summed E-state index contributed by atoms with van der Waals surface area (Å²) in [4.78, 5) is 34.8. The molecule has 128 valence electrons. The largest absolute Gasteiger partial charge is 0.454 e. The van der Waals surface area contributed by atoms with Crippen LogP contribution in [0.5, 0.6) is 11.5 Å². The summed E-state index contributed by atoms with van der Waals surface area (Å²) in [5.41, 5.74) is 1.21. The van der Waals surface area contributed by atoms with Gasteiger partial charge in [0, 0.05) is 17.3 Å². The predicted molar refractivity (Wildman–Crippen MR) is 87.9 cm³/mol. The molecule has 1 heterocycles. The van der Waals surface area contributed by atoms with Crippen LogP contribution >= 0.6 is 0 Å². The molecule has 7 nitrogen and oxygen atoms in total. The molecule has 0 unspecified atom stereocenters. The zero-order chi connectivity index (χ0) is 17.8. The van der Waals surface area contributed by atoms with Crippen LogP contribution in [-0.4, -0.2) is 31.1 Å². The first-order valence-electron chi connectivity index (χ1n) is 7.53. The van der Waals surface area contributed by atoms with E-state index in [4.69, 9.17) is 14.2 Å². The Labute approximate surface area is 143 Å². The maximum absolute atomic E-state index is 12.2. The van der Waals surface area contributed by atoms with Crippen LogP contribution < -0.4 is 14.8 Å². The highest BCUT2D eigenvalue weighted by Gasteiger charge is 2.20. The summed E-state index contributed by atoms with van der Waals surface area (Å²) < 4.78 is 15.6. The highest BCUT2D eigenvalue weighted by atomic mass is 16.7. The molecule has 1 amide bonds. The van der Waals surface area contributed by atoms with Gasteiger partial charge in [0.15, 0.2) is 17.6 Å². The zero-order valence-corrected chi connectivity index (χ0v) is 13.4. The molecule has 0 radical (unpaired) electrons. The number of ether oxygens (including phenoxy) is 3. The van der Waals surface area contributed by atoms with Crippen molar-refractivity contribution >= 4 is 23.9 Å². The van der Waals surface area contributed by atoms with Crippen LogP contribution in [0.2, 0.25) is 0 Å². The second-order valence-electron chi connectivity index (χ2n) is 5.34. The fourth-order valence-corrected chi connectivity index (χ4v) is 2.20. The lowest BCUT2D eigenvalue weighted by Crippen LogP contribution is -2.30. The molecule has 1 aliphatic rings. The quantitative estimate of drug-likeness (QED) is 0.663. The zero-order valence-electron chi connectivity index (χ0n) is 13.4. The van der Waals surface area contributed by atoms with E-state index >= 15 is 0 Å². The van der Waals surface area contributed by atoms with Gasteiger partial charge in [-0.3, -0.25) is 9.59 Å². The van der Waals surface area contributed by atoms with Crippen molar-refractivity contribution in [2.24, 2.45) is 0 Å². The van der Waals surface area contributed by atoms with Crippen molar-refractivity contribution in [3.05, 3.63) is 53.6 Å². The fourth-order valence-electron chi connectivity index (χ4n) is 2.20. The van der Waals surface area contributed by atoms with Gasteiger partial charge in [-0.25, -0.2) is 4.79 Å². The maximum Gasteiger partial charge on any atom is 0.338 e. The molecule has 25 heavy (non-hydrogen) atoms. The van der Waals surface area contributed by atoms with Gasteiger partial charge in [-0.15, -0.1) is 0 Å². The van der Waals surface area contributed by atoms with Crippen LogP contribution in [0.15, 0.2) is 42.5 Å². The third-order valence-corrected chi connectivity index (χ3v) is 3.58. The lowest BCUT2D eigenvalue weighted by atomic mass is 10.1. The van der Waals surface area contributed by atoms with E-state index in [9.17, 15) is 14.4 Å². The van der Waals surface area contributed by atoms with E-state index in [1.54, 1.807) is 18.2 Å². The van der Waals surface area contributed by atoms with E-state index in [-0.39, 0.29) is 12.4 Å². The average Bonchev–Trinajstić information content (AvgIpc) is 3.09. The summed E-state index contributed by atoms with van der Waals surface area (Å²) in [6.45, 7) is 1.61. The van der Waals surface area contributed by atoms with Gasteiger partial charge in [0.2, 0.25) is 6.79 Å². The van der Waals surface area contributed by atoms with E-state index in [2.05, 4.69) is 5.32 Å². The summed E-state index contributed by atoms with van der Waals surface area (Å²) in [6.07, 6.45) is -0.319. The Kier molecular flexibility index (Phi) is 4.65.